The van der Waals surface area contributed by atoms with Crippen molar-refractivity contribution in [3.8, 4) is 11.5 Å². The molecule has 0 aliphatic heterocycles. The van der Waals surface area contributed by atoms with Crippen LogP contribution in [0.2, 0.25) is 5.02 Å². The lowest BCUT2D eigenvalue weighted by molar-refractivity contribution is 0.354. The van der Waals surface area contributed by atoms with E-state index in [1.54, 1.807) is 20.3 Å². The molecule has 0 N–H and O–H groups in total. The molecule has 2 aromatic carbocycles. The van der Waals surface area contributed by atoms with E-state index < -0.39 is 0 Å². The molecule has 0 bridgehead atoms. The molecule has 2 aromatic rings. The summed E-state index contributed by atoms with van der Waals surface area (Å²) in [5.41, 5.74) is 2.88. The number of benzene rings is 2. The van der Waals surface area contributed by atoms with Gasteiger partial charge < -0.3 is 9.47 Å². The van der Waals surface area contributed by atoms with E-state index in [1.807, 2.05) is 31.2 Å². The van der Waals surface area contributed by atoms with Crippen molar-refractivity contribution in [2.45, 2.75) is 12.3 Å². The Labute approximate surface area is 143 Å². The number of rotatable bonds is 4. The predicted molar refractivity (Wildman–Crippen MR) is 91.1 cm³/mol. The largest absolute Gasteiger partial charge is 0.493 e. The van der Waals surface area contributed by atoms with Gasteiger partial charge in [-0.25, -0.2) is 0 Å². The van der Waals surface area contributed by atoms with E-state index in [2.05, 4.69) is 15.9 Å². The predicted octanol–water partition coefficient (Wildman–Crippen LogP) is 5.76. The molecule has 0 radical (unpaired) electrons. The molecule has 0 amide bonds. The second-order valence-corrected chi connectivity index (χ2v) is 6.31. The normalized spacial score (nSPS) is 12.1. The van der Waals surface area contributed by atoms with Gasteiger partial charge in [0.25, 0.3) is 0 Å². The van der Waals surface area contributed by atoms with Gasteiger partial charge in [-0.05, 0) is 30.2 Å². The summed E-state index contributed by atoms with van der Waals surface area (Å²) in [6, 6.07) is 9.57. The molecule has 2 nitrogen and oxygen atoms in total. The van der Waals surface area contributed by atoms with Gasteiger partial charge >= 0.3 is 0 Å². The van der Waals surface area contributed by atoms with Crippen LogP contribution in [0.1, 0.15) is 22.1 Å². The van der Waals surface area contributed by atoms with E-state index in [9.17, 15) is 0 Å². The van der Waals surface area contributed by atoms with Gasteiger partial charge in [-0.2, -0.15) is 0 Å². The van der Waals surface area contributed by atoms with Crippen molar-refractivity contribution in [3.63, 3.8) is 0 Å². The standard InChI is InChI=1S/C16H15BrCl2O2/c1-9-4-5-12(17)10(6-9)16(19)11-7-14(20-2)15(21-3)8-13(11)18/h4-8,16H,1-3H3. The quantitative estimate of drug-likeness (QED) is 0.619. The Morgan fingerprint density at radius 2 is 1.62 bits per heavy atom. The van der Waals surface area contributed by atoms with Crippen molar-refractivity contribution < 1.29 is 9.47 Å². The molecule has 0 saturated carbocycles. The zero-order valence-electron chi connectivity index (χ0n) is 11.9. The zero-order valence-corrected chi connectivity index (χ0v) is 15.0. The fourth-order valence-electron chi connectivity index (χ4n) is 2.09. The van der Waals surface area contributed by atoms with Gasteiger partial charge in [0.1, 0.15) is 0 Å². The number of hydrogen-bond donors (Lipinski definition) is 0. The first-order valence-electron chi connectivity index (χ1n) is 6.29. The van der Waals surface area contributed by atoms with Crippen molar-refractivity contribution in [1.29, 1.82) is 0 Å². The Bertz CT molecular complexity index is 659. The first-order valence-corrected chi connectivity index (χ1v) is 7.90. The van der Waals surface area contributed by atoms with Gasteiger partial charge in [0.15, 0.2) is 11.5 Å². The van der Waals surface area contributed by atoms with Gasteiger partial charge in [0, 0.05) is 15.6 Å². The molecule has 0 saturated heterocycles. The van der Waals surface area contributed by atoms with Crippen LogP contribution in [0.15, 0.2) is 34.8 Å². The Morgan fingerprint density at radius 3 is 2.24 bits per heavy atom. The van der Waals surface area contributed by atoms with Crippen LogP contribution in [0.3, 0.4) is 0 Å². The molecule has 5 heteroatoms. The minimum atomic E-state index is -0.383. The van der Waals surface area contributed by atoms with E-state index in [0.29, 0.717) is 16.5 Å². The summed E-state index contributed by atoms with van der Waals surface area (Å²) in [7, 11) is 3.16. The Morgan fingerprint density at radius 1 is 1.00 bits per heavy atom. The highest BCUT2D eigenvalue weighted by molar-refractivity contribution is 9.10. The fourth-order valence-corrected chi connectivity index (χ4v) is 3.38. The maximum absolute atomic E-state index is 6.63. The molecule has 0 spiro atoms. The van der Waals surface area contributed by atoms with Crippen molar-refractivity contribution in [3.05, 3.63) is 56.5 Å². The van der Waals surface area contributed by atoms with Gasteiger partial charge in [0.2, 0.25) is 0 Å². The van der Waals surface area contributed by atoms with Crippen LogP contribution in [0.25, 0.3) is 0 Å². The van der Waals surface area contributed by atoms with Crippen LogP contribution in [-0.2, 0) is 0 Å². The van der Waals surface area contributed by atoms with Crippen LogP contribution < -0.4 is 9.47 Å². The van der Waals surface area contributed by atoms with Crippen molar-refractivity contribution in [2.75, 3.05) is 14.2 Å². The fraction of sp³-hybridized carbons (Fsp3) is 0.250. The van der Waals surface area contributed by atoms with Gasteiger partial charge in [-0.3, -0.25) is 0 Å². The lowest BCUT2D eigenvalue weighted by Crippen LogP contribution is -1.99. The molecular weight excluding hydrogens is 375 g/mol. The van der Waals surface area contributed by atoms with Crippen LogP contribution >= 0.6 is 39.1 Å². The van der Waals surface area contributed by atoms with E-state index in [-0.39, 0.29) is 5.38 Å². The minimum Gasteiger partial charge on any atom is -0.493 e. The molecule has 0 aliphatic carbocycles. The van der Waals surface area contributed by atoms with E-state index in [0.717, 1.165) is 21.2 Å². The maximum atomic E-state index is 6.63. The molecule has 1 unspecified atom stereocenters. The Balaban J connectivity index is 2.52. The topological polar surface area (TPSA) is 18.5 Å². The first-order chi connectivity index (χ1) is 9.97. The molecular formula is C16H15BrCl2O2. The number of aryl methyl sites for hydroxylation is 1. The van der Waals surface area contributed by atoms with Crippen LogP contribution in [0, 0.1) is 6.92 Å². The summed E-state index contributed by atoms with van der Waals surface area (Å²) >= 11 is 16.5. The van der Waals surface area contributed by atoms with Crippen LogP contribution in [-0.4, -0.2) is 14.2 Å². The third-order valence-corrected chi connectivity index (χ3v) is 4.72. The third kappa shape index (κ3) is 3.47. The third-order valence-electron chi connectivity index (χ3n) is 3.20. The molecule has 1 atom stereocenters. The highest BCUT2D eigenvalue weighted by Crippen LogP contribution is 2.42. The average molecular weight is 390 g/mol. The number of alkyl halides is 1. The monoisotopic (exact) mass is 388 g/mol. The van der Waals surface area contributed by atoms with Gasteiger partial charge in [0.05, 0.1) is 19.6 Å². The Kier molecular flexibility index (Phi) is 5.42. The average Bonchev–Trinajstić information content (AvgIpc) is 2.48. The molecule has 0 aromatic heterocycles. The van der Waals surface area contributed by atoms with E-state index in [1.165, 1.54) is 0 Å². The summed E-state index contributed by atoms with van der Waals surface area (Å²) in [5.74, 6) is 1.18. The smallest absolute Gasteiger partial charge is 0.162 e. The summed E-state index contributed by atoms with van der Waals surface area (Å²) in [5, 5.41) is 0.160. The number of hydrogen-bond acceptors (Lipinski definition) is 2. The number of ether oxygens (including phenoxy) is 2. The lowest BCUT2D eigenvalue weighted by Gasteiger charge is -2.17. The summed E-state index contributed by atoms with van der Waals surface area (Å²) in [4.78, 5) is 0. The lowest BCUT2D eigenvalue weighted by atomic mass is 10.0. The van der Waals surface area contributed by atoms with Crippen molar-refractivity contribution >= 4 is 39.1 Å². The second-order valence-electron chi connectivity index (χ2n) is 4.62. The molecule has 2 rings (SSSR count). The molecule has 0 aliphatic rings. The molecule has 0 fully saturated rings. The highest BCUT2D eigenvalue weighted by Gasteiger charge is 2.20. The molecule has 112 valence electrons. The summed E-state index contributed by atoms with van der Waals surface area (Å²) in [6.07, 6.45) is 0. The number of halogens is 3. The van der Waals surface area contributed by atoms with E-state index >= 15 is 0 Å². The van der Waals surface area contributed by atoms with Crippen LogP contribution in [0.4, 0.5) is 0 Å². The summed E-state index contributed by atoms with van der Waals surface area (Å²) < 4.78 is 11.5. The second kappa shape index (κ2) is 6.91. The van der Waals surface area contributed by atoms with Gasteiger partial charge in [-0.15, -0.1) is 11.6 Å². The zero-order chi connectivity index (χ0) is 15.6. The van der Waals surface area contributed by atoms with E-state index in [4.69, 9.17) is 32.7 Å². The van der Waals surface area contributed by atoms with Crippen molar-refractivity contribution in [1.82, 2.24) is 0 Å². The first kappa shape index (κ1) is 16.5. The maximum Gasteiger partial charge on any atom is 0.162 e. The van der Waals surface area contributed by atoms with Crippen molar-refractivity contribution in [2.24, 2.45) is 0 Å². The minimum absolute atomic E-state index is 0.383. The number of methoxy groups -OCH3 is 2. The Hall–Kier alpha value is -0.900. The SMILES string of the molecule is COc1cc(Cl)c(C(Cl)c2cc(C)ccc2Br)cc1OC. The highest BCUT2D eigenvalue weighted by atomic mass is 79.9. The van der Waals surface area contributed by atoms with Crippen LogP contribution in [0.5, 0.6) is 11.5 Å². The van der Waals surface area contributed by atoms with Gasteiger partial charge in [-0.1, -0.05) is 45.2 Å². The molecule has 0 heterocycles. The molecule has 21 heavy (non-hydrogen) atoms. The summed E-state index contributed by atoms with van der Waals surface area (Å²) in [6.45, 7) is 2.02.